The first-order valence-electron chi connectivity index (χ1n) is 11.7. The van der Waals surface area contributed by atoms with E-state index in [2.05, 4.69) is 6.07 Å². The number of fused-ring (bicyclic) bond motifs is 1. The van der Waals surface area contributed by atoms with Gasteiger partial charge in [0.2, 0.25) is 0 Å². The van der Waals surface area contributed by atoms with E-state index in [9.17, 15) is 24.6 Å². The number of aryl methyl sites for hydroxylation is 2. The van der Waals surface area contributed by atoms with Crippen LogP contribution in [0.25, 0.3) is 15.9 Å². The van der Waals surface area contributed by atoms with Crippen molar-refractivity contribution in [3.05, 3.63) is 103 Å². The van der Waals surface area contributed by atoms with Crippen molar-refractivity contribution < 1.29 is 14.1 Å². The van der Waals surface area contributed by atoms with Gasteiger partial charge in [-0.1, -0.05) is 23.8 Å². The largest absolute Gasteiger partial charge is 0.379 e. The van der Waals surface area contributed by atoms with E-state index < -0.39 is 16.3 Å². The summed E-state index contributed by atoms with van der Waals surface area (Å²) in [4.78, 5) is 27.2. The molecule has 1 aliphatic heterocycles. The Hall–Kier alpha value is -3.91. The van der Waals surface area contributed by atoms with Crippen LogP contribution in [0.5, 0.6) is 0 Å². The van der Waals surface area contributed by atoms with Gasteiger partial charge in [0.25, 0.3) is 5.56 Å². The number of hydrogen-bond donors (Lipinski definition) is 0. The van der Waals surface area contributed by atoms with Crippen molar-refractivity contribution in [3.63, 3.8) is 0 Å². The third-order valence-corrected chi connectivity index (χ3v) is 7.91. The highest BCUT2D eigenvalue weighted by Gasteiger charge is 2.49. The van der Waals surface area contributed by atoms with Gasteiger partial charge in [-0.15, -0.1) is 0 Å². The number of nitrogens with zero attached hydrogens (tertiary/aromatic N) is 4. The Morgan fingerprint density at radius 2 is 1.81 bits per heavy atom. The van der Waals surface area contributed by atoms with Crippen LogP contribution in [0.2, 0.25) is 0 Å². The predicted octanol–water partition coefficient (Wildman–Crippen LogP) is 4.82. The average Bonchev–Trinajstić information content (AvgIpc) is 3.28. The van der Waals surface area contributed by atoms with Crippen LogP contribution in [0.4, 0.5) is 9.39 Å². The molecule has 2 aromatic heterocycles. The third-order valence-electron chi connectivity index (χ3n) is 6.77. The highest BCUT2D eigenvalue weighted by Crippen LogP contribution is 2.49. The molecule has 1 atom stereocenters. The average molecular weight is 519 g/mol. The van der Waals surface area contributed by atoms with Crippen molar-refractivity contribution in [1.82, 2.24) is 9.47 Å². The van der Waals surface area contributed by atoms with E-state index in [1.807, 2.05) is 24.0 Å². The maximum Gasteiger partial charge on any atom is 0.333 e. The molecule has 0 aliphatic carbocycles. The molecule has 0 N–H and O–H groups in total. The van der Waals surface area contributed by atoms with Crippen LogP contribution in [-0.2, 0) is 10.3 Å². The fourth-order valence-corrected chi connectivity index (χ4v) is 6.12. The lowest BCUT2D eigenvalue weighted by Crippen LogP contribution is -2.51. The lowest BCUT2D eigenvalue weighted by molar-refractivity contribution is -0.381. The molecule has 188 valence electrons. The molecule has 2 aromatic carbocycles. The van der Waals surface area contributed by atoms with Gasteiger partial charge in [-0.05, 0) is 66.6 Å². The number of ether oxygens (including phenoxy) is 1. The molecule has 8 nitrogen and oxygen atoms in total. The van der Waals surface area contributed by atoms with Crippen molar-refractivity contribution in [2.24, 2.45) is 0 Å². The summed E-state index contributed by atoms with van der Waals surface area (Å²) in [6.45, 7) is 4.89. The smallest absolute Gasteiger partial charge is 0.333 e. The van der Waals surface area contributed by atoms with Crippen molar-refractivity contribution in [3.8, 4) is 11.8 Å². The summed E-state index contributed by atoms with van der Waals surface area (Å²) in [6.07, 6.45) is 0. The van der Waals surface area contributed by atoms with E-state index >= 15 is 0 Å². The highest BCUT2D eigenvalue weighted by molar-refractivity contribution is 7.22. The number of nitriles is 1. The summed E-state index contributed by atoms with van der Waals surface area (Å²) in [6, 6.07) is 16.9. The summed E-state index contributed by atoms with van der Waals surface area (Å²) >= 11 is 0.861. The van der Waals surface area contributed by atoms with Gasteiger partial charge in [-0.3, -0.25) is 24.4 Å². The number of aromatic nitrogens is 1. The maximum absolute atomic E-state index is 14.3. The van der Waals surface area contributed by atoms with Gasteiger partial charge in [0.05, 0.1) is 35.5 Å². The van der Waals surface area contributed by atoms with Gasteiger partial charge in [0, 0.05) is 24.5 Å². The van der Waals surface area contributed by atoms with E-state index in [0.717, 1.165) is 16.9 Å². The number of morpholine rings is 1. The predicted molar refractivity (Wildman–Crippen MR) is 139 cm³/mol. The Labute approximate surface area is 215 Å². The van der Waals surface area contributed by atoms with Crippen LogP contribution < -0.4 is 5.56 Å². The first-order chi connectivity index (χ1) is 17.8. The number of rotatable bonds is 5. The third kappa shape index (κ3) is 4.01. The van der Waals surface area contributed by atoms with Gasteiger partial charge in [0.15, 0.2) is 5.54 Å². The zero-order chi connectivity index (χ0) is 26.3. The van der Waals surface area contributed by atoms with Gasteiger partial charge in [0.1, 0.15) is 10.6 Å². The summed E-state index contributed by atoms with van der Waals surface area (Å²) in [7, 11) is 0. The summed E-state index contributed by atoms with van der Waals surface area (Å²) in [5, 5.41) is 23.5. The normalized spacial score (nSPS) is 15.8. The number of nitro groups is 1. The van der Waals surface area contributed by atoms with Crippen molar-refractivity contribution >= 4 is 26.6 Å². The first kappa shape index (κ1) is 24.8. The van der Waals surface area contributed by atoms with Crippen LogP contribution in [0.1, 0.15) is 22.3 Å². The minimum Gasteiger partial charge on any atom is -0.379 e. The Bertz CT molecular complexity index is 1620. The van der Waals surface area contributed by atoms with Crippen LogP contribution in [0, 0.1) is 41.1 Å². The molecule has 10 heteroatoms. The number of hydrogen-bond acceptors (Lipinski definition) is 7. The first-order valence-corrected chi connectivity index (χ1v) is 12.5. The second kappa shape index (κ2) is 9.52. The number of halogens is 1. The quantitative estimate of drug-likeness (QED) is 0.277. The monoisotopic (exact) mass is 518 g/mol. The van der Waals surface area contributed by atoms with E-state index in [0.29, 0.717) is 53.3 Å². The molecule has 3 heterocycles. The van der Waals surface area contributed by atoms with Crippen molar-refractivity contribution in [1.29, 1.82) is 5.26 Å². The van der Waals surface area contributed by atoms with E-state index in [4.69, 9.17) is 4.74 Å². The fraction of sp³-hybridized carbons (Fsp3) is 0.259. The summed E-state index contributed by atoms with van der Waals surface area (Å²) in [5.74, 6) is -0.435. The lowest BCUT2D eigenvalue weighted by atomic mass is 9.80. The van der Waals surface area contributed by atoms with Crippen LogP contribution in [0.3, 0.4) is 0 Å². The molecular formula is C27H23FN4O4S. The zero-order valence-corrected chi connectivity index (χ0v) is 21.0. The molecule has 37 heavy (non-hydrogen) atoms. The van der Waals surface area contributed by atoms with Crippen LogP contribution >= 0.6 is 11.3 Å². The molecule has 1 fully saturated rings. The van der Waals surface area contributed by atoms with Crippen LogP contribution in [-0.4, -0.2) is 40.7 Å². The topological polar surface area (TPSA) is 101 Å². The molecule has 0 amide bonds. The summed E-state index contributed by atoms with van der Waals surface area (Å²) < 4.78 is 21.2. The molecule has 0 spiro atoms. The maximum atomic E-state index is 14.3. The second-order valence-corrected chi connectivity index (χ2v) is 9.96. The van der Waals surface area contributed by atoms with Crippen LogP contribution in [0.15, 0.2) is 59.4 Å². The number of pyridine rings is 1. The lowest BCUT2D eigenvalue weighted by Gasteiger charge is -2.41. The van der Waals surface area contributed by atoms with E-state index in [-0.39, 0.29) is 16.1 Å². The van der Waals surface area contributed by atoms with Gasteiger partial charge >= 0.3 is 5.00 Å². The van der Waals surface area contributed by atoms with Gasteiger partial charge in [-0.2, -0.15) is 5.26 Å². The SMILES string of the molecule is Cc1ccc(-n2c(=O)ccc3c(C(C#N)(c4ccc(F)c(C)c4)N4CCOCC4)c([N+](=O)[O-])sc32)cc1. The minimum atomic E-state index is -1.61. The number of benzene rings is 2. The molecule has 1 unspecified atom stereocenters. The molecule has 0 saturated carbocycles. The molecule has 4 aromatic rings. The van der Waals surface area contributed by atoms with Crippen molar-refractivity contribution in [2.45, 2.75) is 19.4 Å². The summed E-state index contributed by atoms with van der Waals surface area (Å²) in [5.41, 5.74) is 0.535. The highest BCUT2D eigenvalue weighted by atomic mass is 32.1. The molecular weight excluding hydrogens is 495 g/mol. The van der Waals surface area contributed by atoms with E-state index in [1.54, 1.807) is 31.2 Å². The second-order valence-electron chi connectivity index (χ2n) is 8.99. The molecule has 1 saturated heterocycles. The molecule has 5 rings (SSSR count). The molecule has 1 aliphatic rings. The Morgan fingerprint density at radius 1 is 1.11 bits per heavy atom. The Balaban J connectivity index is 1.90. The van der Waals surface area contributed by atoms with Crippen molar-refractivity contribution in [2.75, 3.05) is 26.3 Å². The molecule has 0 bridgehead atoms. The van der Waals surface area contributed by atoms with Gasteiger partial charge < -0.3 is 4.74 Å². The standard InChI is InChI=1S/C27H23FN4O4S/c1-17-3-6-20(7-4-17)31-23(33)10-8-21-24(26(32(34)35)37-25(21)31)27(16-29,30-11-13-36-14-12-30)19-5-9-22(28)18(2)15-19/h3-10,15H,11-14H2,1-2H3. The fourth-order valence-electron chi connectivity index (χ4n) is 4.93. The molecule has 0 radical (unpaired) electrons. The minimum absolute atomic E-state index is 0.175. The Morgan fingerprint density at radius 3 is 2.43 bits per heavy atom. The van der Waals surface area contributed by atoms with Gasteiger partial charge in [-0.25, -0.2) is 4.39 Å². The van der Waals surface area contributed by atoms with E-state index in [1.165, 1.54) is 22.8 Å². The zero-order valence-electron chi connectivity index (χ0n) is 20.2. The Kier molecular flexibility index (Phi) is 6.37. The number of thiophene rings is 1.